The molecular formula is C31H31NO5S. The fourth-order valence-corrected chi connectivity index (χ4v) is 5.65. The Labute approximate surface area is 227 Å². The molecule has 0 saturated carbocycles. The van der Waals surface area contributed by atoms with Gasteiger partial charge in [0.15, 0.2) is 0 Å². The zero-order valence-electron chi connectivity index (χ0n) is 22.1. The van der Waals surface area contributed by atoms with Crippen LogP contribution in [0.2, 0.25) is 0 Å². The van der Waals surface area contributed by atoms with E-state index < -0.39 is 5.60 Å². The largest absolute Gasteiger partial charge is 0.489 e. The van der Waals surface area contributed by atoms with Gasteiger partial charge in [-0.15, -0.1) is 0 Å². The van der Waals surface area contributed by atoms with Gasteiger partial charge in [0.05, 0.1) is 4.91 Å². The van der Waals surface area contributed by atoms with Crippen molar-refractivity contribution < 1.29 is 23.8 Å². The summed E-state index contributed by atoms with van der Waals surface area (Å²) >= 11 is 0.918. The van der Waals surface area contributed by atoms with Crippen molar-refractivity contribution in [2.75, 3.05) is 13.2 Å². The third kappa shape index (κ3) is 5.03. The Balaban J connectivity index is 1.31. The van der Waals surface area contributed by atoms with E-state index in [1.54, 1.807) is 12.2 Å². The maximum Gasteiger partial charge on any atom is 0.290 e. The topological polar surface area (TPSA) is 73.9 Å². The zero-order valence-corrected chi connectivity index (χ0v) is 22.9. The number of thioether (sulfide) groups is 1. The van der Waals surface area contributed by atoms with E-state index in [0.717, 1.165) is 74.9 Å². The first-order valence-electron chi connectivity index (χ1n) is 12.6. The van der Waals surface area contributed by atoms with Crippen molar-refractivity contribution in [2.45, 2.75) is 46.1 Å². The molecule has 6 nitrogen and oxygen atoms in total. The number of hydrogen-bond acceptors (Lipinski definition) is 6. The monoisotopic (exact) mass is 529 g/mol. The highest BCUT2D eigenvalue weighted by atomic mass is 32.2. The number of hydrogen-bond donors (Lipinski definition) is 1. The van der Waals surface area contributed by atoms with Crippen LogP contribution in [-0.4, -0.2) is 30.0 Å². The Morgan fingerprint density at radius 2 is 1.82 bits per heavy atom. The van der Waals surface area contributed by atoms with Crippen LogP contribution in [0.5, 0.6) is 17.2 Å². The summed E-state index contributed by atoms with van der Waals surface area (Å²) in [7, 11) is 0. The van der Waals surface area contributed by atoms with Gasteiger partial charge >= 0.3 is 0 Å². The van der Waals surface area contributed by atoms with Gasteiger partial charge in [0, 0.05) is 5.56 Å². The first-order valence-corrected chi connectivity index (χ1v) is 13.5. The maximum atomic E-state index is 11.8. The van der Waals surface area contributed by atoms with Crippen LogP contribution in [-0.2, 0) is 11.2 Å². The molecule has 0 bridgehead atoms. The average molecular weight is 530 g/mol. The van der Waals surface area contributed by atoms with Crippen molar-refractivity contribution in [1.82, 2.24) is 5.32 Å². The van der Waals surface area contributed by atoms with Crippen molar-refractivity contribution in [1.29, 1.82) is 0 Å². The molecule has 2 aliphatic heterocycles. The van der Waals surface area contributed by atoms with Gasteiger partial charge in [0.2, 0.25) is 0 Å². The van der Waals surface area contributed by atoms with E-state index in [2.05, 4.69) is 39.6 Å². The van der Waals surface area contributed by atoms with Gasteiger partial charge in [0.1, 0.15) is 36.1 Å². The first kappa shape index (κ1) is 25.9. The van der Waals surface area contributed by atoms with E-state index in [0.29, 0.717) is 18.1 Å². The Morgan fingerprint density at radius 3 is 2.55 bits per heavy atom. The normalized spacial score (nSPS) is 19.7. The maximum absolute atomic E-state index is 11.8. The molecule has 5 rings (SSSR count). The standard InChI is InChI=1S/C31H31NO5S/c1-6-13-35-27-18(2)19(3)28-25(20(27)4)11-12-31(5,37-28)17-36-24-10-9-22-14-21(7-8-23(22)16-24)15-26-29(33)32-30(34)38-26/h6-10,14-16H,1,11-13,17H2,2-5H3,(H,32,33,34). The summed E-state index contributed by atoms with van der Waals surface area (Å²) in [6.45, 7) is 13.0. The molecule has 0 aromatic heterocycles. The van der Waals surface area contributed by atoms with Gasteiger partial charge in [-0.05, 0) is 110 Å². The van der Waals surface area contributed by atoms with E-state index in [-0.39, 0.29) is 11.1 Å². The van der Waals surface area contributed by atoms with Crippen molar-refractivity contribution in [3.05, 3.63) is 81.8 Å². The molecule has 38 heavy (non-hydrogen) atoms. The van der Waals surface area contributed by atoms with Crippen LogP contribution >= 0.6 is 11.8 Å². The first-order chi connectivity index (χ1) is 18.2. The van der Waals surface area contributed by atoms with E-state index in [1.165, 1.54) is 5.56 Å². The molecule has 0 aliphatic carbocycles. The summed E-state index contributed by atoms with van der Waals surface area (Å²) < 4.78 is 18.8. The molecular weight excluding hydrogens is 498 g/mol. The van der Waals surface area contributed by atoms with Crippen LogP contribution in [0, 0.1) is 20.8 Å². The summed E-state index contributed by atoms with van der Waals surface area (Å²) in [5, 5.41) is 3.99. The van der Waals surface area contributed by atoms with Gasteiger partial charge in [0.25, 0.3) is 11.1 Å². The summed E-state index contributed by atoms with van der Waals surface area (Å²) in [5.74, 6) is 2.29. The second-order valence-electron chi connectivity index (χ2n) is 10.1. The lowest BCUT2D eigenvalue weighted by molar-refractivity contribution is -0.115. The van der Waals surface area contributed by atoms with Crippen LogP contribution in [0.3, 0.4) is 0 Å². The van der Waals surface area contributed by atoms with Crippen molar-refractivity contribution in [3.8, 4) is 17.2 Å². The Morgan fingerprint density at radius 1 is 1.05 bits per heavy atom. The number of nitrogens with one attached hydrogen (secondary N) is 1. The predicted molar refractivity (Wildman–Crippen MR) is 152 cm³/mol. The molecule has 0 spiro atoms. The minimum atomic E-state index is -0.456. The molecule has 2 aliphatic rings. The lowest BCUT2D eigenvalue weighted by Gasteiger charge is -2.38. The van der Waals surface area contributed by atoms with E-state index in [1.807, 2.05) is 36.4 Å². The summed E-state index contributed by atoms with van der Waals surface area (Å²) in [6.07, 6.45) is 5.22. The zero-order chi connectivity index (χ0) is 27.0. The molecule has 3 aromatic rings. The van der Waals surface area contributed by atoms with Gasteiger partial charge in [-0.25, -0.2) is 0 Å². The Bertz CT molecular complexity index is 1510. The van der Waals surface area contributed by atoms with Crippen molar-refractivity contribution in [2.24, 2.45) is 0 Å². The van der Waals surface area contributed by atoms with Gasteiger partial charge < -0.3 is 14.2 Å². The highest BCUT2D eigenvalue weighted by molar-refractivity contribution is 8.18. The van der Waals surface area contributed by atoms with E-state index in [4.69, 9.17) is 14.2 Å². The molecule has 1 unspecified atom stereocenters. The predicted octanol–water partition coefficient (Wildman–Crippen LogP) is 6.82. The fourth-order valence-electron chi connectivity index (χ4n) is 4.97. The van der Waals surface area contributed by atoms with Crippen molar-refractivity contribution in [3.63, 3.8) is 0 Å². The Hall–Kier alpha value is -3.71. The second-order valence-corrected chi connectivity index (χ2v) is 11.1. The number of benzene rings is 3. The third-order valence-corrected chi connectivity index (χ3v) is 8.04. The Kier molecular flexibility index (Phi) is 6.97. The molecule has 2 heterocycles. The number of carbonyl (C=O) groups is 2. The molecule has 196 valence electrons. The van der Waals surface area contributed by atoms with Gasteiger partial charge in [-0.3, -0.25) is 14.9 Å². The molecule has 2 amide bonds. The number of rotatable bonds is 7. The molecule has 1 fully saturated rings. The van der Waals surface area contributed by atoms with Gasteiger partial charge in [-0.2, -0.15) is 0 Å². The van der Waals surface area contributed by atoms with E-state index in [9.17, 15) is 9.59 Å². The highest BCUT2D eigenvalue weighted by Gasteiger charge is 2.35. The number of imide groups is 1. The lowest BCUT2D eigenvalue weighted by Crippen LogP contribution is -2.42. The molecule has 7 heteroatoms. The molecule has 0 radical (unpaired) electrons. The quantitative estimate of drug-likeness (QED) is 0.268. The highest BCUT2D eigenvalue weighted by Crippen LogP contribution is 2.44. The molecule has 1 saturated heterocycles. The number of amides is 2. The fraction of sp³-hybridized carbons (Fsp3) is 0.290. The smallest absolute Gasteiger partial charge is 0.290 e. The SMILES string of the molecule is C=CCOc1c(C)c(C)c2c(c1C)CCC(C)(COc1ccc3cc(C=C4SC(=O)NC4=O)ccc3c1)O2. The summed E-state index contributed by atoms with van der Waals surface area (Å²) in [4.78, 5) is 23.7. The average Bonchev–Trinajstić information content (AvgIpc) is 3.22. The number of ether oxygens (including phenoxy) is 3. The van der Waals surface area contributed by atoms with Crippen LogP contribution in [0.25, 0.3) is 16.8 Å². The molecule has 1 N–H and O–H groups in total. The van der Waals surface area contributed by atoms with Crippen molar-refractivity contribution >= 4 is 39.8 Å². The number of fused-ring (bicyclic) bond motifs is 2. The van der Waals surface area contributed by atoms with Gasteiger partial charge in [-0.1, -0.05) is 30.9 Å². The minimum absolute atomic E-state index is 0.342. The molecule has 3 aromatic carbocycles. The van der Waals surface area contributed by atoms with Crippen LogP contribution < -0.4 is 19.5 Å². The third-order valence-electron chi connectivity index (χ3n) is 7.23. The van der Waals surface area contributed by atoms with Crippen LogP contribution in [0.1, 0.15) is 41.2 Å². The summed E-state index contributed by atoms with van der Waals surface area (Å²) in [5.41, 5.74) is 4.94. The number of carbonyl (C=O) groups excluding carboxylic acids is 2. The van der Waals surface area contributed by atoms with E-state index >= 15 is 0 Å². The van der Waals surface area contributed by atoms with Crippen LogP contribution in [0.4, 0.5) is 4.79 Å². The van der Waals surface area contributed by atoms with Crippen LogP contribution in [0.15, 0.2) is 54.0 Å². The lowest BCUT2D eigenvalue weighted by atomic mass is 9.87. The minimum Gasteiger partial charge on any atom is -0.489 e. The summed E-state index contributed by atoms with van der Waals surface area (Å²) in [6, 6.07) is 11.9. The molecule has 1 atom stereocenters. The second kappa shape index (κ2) is 10.2.